The first-order valence-corrected chi connectivity index (χ1v) is 8.34. The third-order valence-corrected chi connectivity index (χ3v) is 3.53. The summed E-state index contributed by atoms with van der Waals surface area (Å²) < 4.78 is 11.0. The summed E-state index contributed by atoms with van der Waals surface area (Å²) in [4.78, 5) is 24.5. The van der Waals surface area contributed by atoms with E-state index in [0.717, 1.165) is 0 Å². The molecule has 0 bridgehead atoms. The molecule has 0 saturated carbocycles. The van der Waals surface area contributed by atoms with Gasteiger partial charge in [-0.1, -0.05) is 38.1 Å². The van der Waals surface area contributed by atoms with Crippen LogP contribution in [0, 0.1) is 10.8 Å². The Morgan fingerprint density at radius 1 is 0.760 bits per heavy atom. The van der Waals surface area contributed by atoms with E-state index in [1.54, 1.807) is 41.5 Å². The third kappa shape index (κ3) is 7.27. The molecule has 0 aliphatic carbocycles. The second kappa shape index (κ2) is 8.94. The van der Waals surface area contributed by atoms with Gasteiger partial charge in [-0.15, -0.1) is 0 Å². The quantitative estimate of drug-likeness (QED) is 0.380. The predicted molar refractivity (Wildman–Crippen MR) is 94.4 cm³/mol. The summed E-state index contributed by atoms with van der Waals surface area (Å²) in [5.74, 6) is -0.434. The molecular formula is C20H30O4Ru. The fraction of sp³-hybridized carbons (Fsp3) is 0.600. The van der Waals surface area contributed by atoms with Gasteiger partial charge in [-0.3, -0.25) is 9.59 Å². The van der Waals surface area contributed by atoms with Gasteiger partial charge >= 0.3 is 11.9 Å². The maximum absolute atomic E-state index is 12.2. The van der Waals surface area contributed by atoms with Crippen LogP contribution in [0.3, 0.4) is 0 Å². The number of hydrogen-bond donors (Lipinski definition) is 0. The smallest absolute Gasteiger partial charge is 0.314 e. The second-order valence-corrected chi connectivity index (χ2v) is 8.46. The van der Waals surface area contributed by atoms with Gasteiger partial charge < -0.3 is 9.47 Å². The van der Waals surface area contributed by atoms with Gasteiger partial charge in [-0.25, -0.2) is 0 Å². The van der Waals surface area contributed by atoms with Crippen molar-refractivity contribution < 1.29 is 38.5 Å². The zero-order valence-electron chi connectivity index (χ0n) is 16.5. The Labute approximate surface area is 164 Å². The van der Waals surface area contributed by atoms with Crippen LogP contribution in [0.5, 0.6) is 0 Å². The first-order valence-electron chi connectivity index (χ1n) is 8.34. The molecule has 0 saturated heterocycles. The molecule has 5 heteroatoms. The van der Waals surface area contributed by atoms with Crippen LogP contribution in [0.1, 0.15) is 78.7 Å². The molecule has 0 fully saturated rings. The summed E-state index contributed by atoms with van der Waals surface area (Å²) in [5.41, 5.74) is 0.463. The van der Waals surface area contributed by atoms with E-state index in [1.165, 1.54) is 5.56 Å². The molecule has 0 heterocycles. The van der Waals surface area contributed by atoms with Crippen LogP contribution >= 0.6 is 0 Å². The SMILES string of the molecule is CC(C)c1ccc(C(OC(=O)C(C)(C)C)OC(=O)C(C)(C)C)cc1.[Ru]. The number of carbonyl (C=O) groups is 2. The molecule has 25 heavy (non-hydrogen) atoms. The molecule has 0 aliphatic rings. The van der Waals surface area contributed by atoms with Crippen molar-refractivity contribution in [2.75, 3.05) is 0 Å². The minimum absolute atomic E-state index is 0. The minimum Gasteiger partial charge on any atom is -0.420 e. The van der Waals surface area contributed by atoms with Crippen LogP contribution < -0.4 is 0 Å². The summed E-state index contributed by atoms with van der Waals surface area (Å²) in [6.45, 7) is 14.8. The van der Waals surface area contributed by atoms with Gasteiger partial charge in [0, 0.05) is 25.0 Å². The van der Waals surface area contributed by atoms with Gasteiger partial charge in [0.15, 0.2) is 0 Å². The molecule has 0 spiro atoms. The summed E-state index contributed by atoms with van der Waals surface area (Å²) in [5, 5.41) is 0. The third-order valence-electron chi connectivity index (χ3n) is 3.53. The first kappa shape index (κ1) is 23.8. The number of carbonyl (C=O) groups excluding carboxylic acids is 2. The maximum Gasteiger partial charge on any atom is 0.314 e. The van der Waals surface area contributed by atoms with Crippen LogP contribution in [0.4, 0.5) is 0 Å². The van der Waals surface area contributed by atoms with Crippen molar-refractivity contribution in [3.05, 3.63) is 35.4 Å². The van der Waals surface area contributed by atoms with Crippen molar-refractivity contribution in [1.29, 1.82) is 0 Å². The van der Waals surface area contributed by atoms with E-state index in [2.05, 4.69) is 13.8 Å². The average molecular weight is 436 g/mol. The molecule has 0 radical (unpaired) electrons. The predicted octanol–water partition coefficient (Wildman–Crippen LogP) is 4.98. The van der Waals surface area contributed by atoms with E-state index in [-0.39, 0.29) is 19.5 Å². The van der Waals surface area contributed by atoms with Crippen LogP contribution in [0.15, 0.2) is 24.3 Å². The summed E-state index contributed by atoms with van der Waals surface area (Å²) in [6.07, 6.45) is -1.04. The standard InChI is InChI=1S/C20H30O4.Ru/c1-13(2)14-9-11-15(12-10-14)16(23-17(21)19(3,4)5)24-18(22)20(6,7)8;/h9-13,16H,1-8H3;. The maximum atomic E-state index is 12.2. The zero-order chi connectivity index (χ0) is 18.7. The van der Waals surface area contributed by atoms with Crippen LogP contribution in [-0.2, 0) is 38.5 Å². The fourth-order valence-electron chi connectivity index (χ4n) is 1.75. The van der Waals surface area contributed by atoms with Crippen molar-refractivity contribution in [1.82, 2.24) is 0 Å². The van der Waals surface area contributed by atoms with Crippen molar-refractivity contribution in [2.24, 2.45) is 10.8 Å². The number of benzene rings is 1. The largest absolute Gasteiger partial charge is 0.420 e. The Hall–Kier alpha value is -1.22. The Morgan fingerprint density at radius 2 is 1.08 bits per heavy atom. The van der Waals surface area contributed by atoms with Crippen molar-refractivity contribution in [3.8, 4) is 0 Å². The molecule has 0 atom stereocenters. The van der Waals surface area contributed by atoms with Crippen molar-refractivity contribution in [3.63, 3.8) is 0 Å². The molecule has 0 amide bonds. The van der Waals surface area contributed by atoms with Gasteiger partial charge in [0.05, 0.1) is 10.8 Å². The van der Waals surface area contributed by atoms with E-state index in [4.69, 9.17) is 9.47 Å². The van der Waals surface area contributed by atoms with Gasteiger partial charge in [0.1, 0.15) is 0 Å². The Bertz CT molecular complexity index is 549. The number of esters is 2. The minimum atomic E-state index is -1.04. The van der Waals surface area contributed by atoms with E-state index < -0.39 is 29.1 Å². The van der Waals surface area contributed by atoms with E-state index in [9.17, 15) is 9.59 Å². The Balaban J connectivity index is 0.00000576. The van der Waals surface area contributed by atoms with E-state index in [1.807, 2.05) is 24.3 Å². The van der Waals surface area contributed by atoms with Crippen LogP contribution in [0.25, 0.3) is 0 Å². The molecule has 0 aromatic heterocycles. The topological polar surface area (TPSA) is 52.6 Å². The average Bonchev–Trinajstić information content (AvgIpc) is 2.44. The monoisotopic (exact) mass is 436 g/mol. The van der Waals surface area contributed by atoms with E-state index in [0.29, 0.717) is 11.5 Å². The molecule has 0 aliphatic heterocycles. The first-order chi connectivity index (χ1) is 10.8. The van der Waals surface area contributed by atoms with Crippen LogP contribution in [-0.4, -0.2) is 11.9 Å². The normalized spacial score (nSPS) is 11.9. The molecular weight excluding hydrogens is 405 g/mol. The van der Waals surface area contributed by atoms with Crippen LogP contribution in [0.2, 0.25) is 0 Å². The molecule has 0 unspecified atom stereocenters. The molecule has 142 valence electrons. The van der Waals surface area contributed by atoms with Gasteiger partial charge in [-0.05, 0) is 53.0 Å². The molecule has 1 aromatic rings. The summed E-state index contributed by atoms with van der Waals surface area (Å²) in [6, 6.07) is 7.60. The van der Waals surface area contributed by atoms with Crippen molar-refractivity contribution >= 4 is 11.9 Å². The molecule has 0 N–H and O–H groups in total. The Kier molecular flexibility index (Phi) is 8.50. The van der Waals surface area contributed by atoms with E-state index >= 15 is 0 Å². The number of rotatable bonds is 4. The Morgan fingerprint density at radius 3 is 1.36 bits per heavy atom. The molecule has 4 nitrogen and oxygen atoms in total. The molecule has 1 rings (SSSR count). The molecule has 1 aromatic carbocycles. The summed E-state index contributed by atoms with van der Waals surface area (Å²) >= 11 is 0. The number of ether oxygens (including phenoxy) is 2. The van der Waals surface area contributed by atoms with Gasteiger partial charge in [0.25, 0.3) is 6.29 Å². The second-order valence-electron chi connectivity index (χ2n) is 8.46. The van der Waals surface area contributed by atoms with Gasteiger partial charge in [0.2, 0.25) is 0 Å². The van der Waals surface area contributed by atoms with Gasteiger partial charge in [-0.2, -0.15) is 0 Å². The zero-order valence-corrected chi connectivity index (χ0v) is 18.2. The van der Waals surface area contributed by atoms with Crippen molar-refractivity contribution in [2.45, 2.75) is 67.6 Å². The fourth-order valence-corrected chi connectivity index (χ4v) is 1.75. The summed E-state index contributed by atoms with van der Waals surface area (Å²) in [7, 11) is 0. The number of hydrogen-bond acceptors (Lipinski definition) is 4.